The third-order valence-electron chi connectivity index (χ3n) is 3.23. The van der Waals surface area contributed by atoms with E-state index < -0.39 is 17.6 Å². The van der Waals surface area contributed by atoms with Crippen LogP contribution >= 0.6 is 0 Å². The van der Waals surface area contributed by atoms with Crippen molar-refractivity contribution in [2.45, 2.75) is 24.4 Å². The number of hydrogen-bond acceptors (Lipinski definition) is 3. The Morgan fingerprint density at radius 2 is 1.95 bits per heavy atom. The standard InChI is InChI=1S/C13H17N3O3/c14-12(19)15-10(9-4-2-1-3-5-9)11(18)16-13(8-17)6-7-13/h1-5,10,17H,6-8H2,(H,16,18)(H3,14,15,19). The summed E-state index contributed by atoms with van der Waals surface area (Å²) in [6.45, 7) is -0.100. The van der Waals surface area contributed by atoms with Gasteiger partial charge in [-0.15, -0.1) is 0 Å². The van der Waals surface area contributed by atoms with Gasteiger partial charge in [0.1, 0.15) is 6.04 Å². The minimum Gasteiger partial charge on any atom is -0.394 e. The first-order chi connectivity index (χ1) is 9.06. The van der Waals surface area contributed by atoms with Gasteiger partial charge in [-0.2, -0.15) is 0 Å². The highest BCUT2D eigenvalue weighted by molar-refractivity contribution is 5.88. The molecular weight excluding hydrogens is 246 g/mol. The Labute approximate surface area is 111 Å². The zero-order valence-corrected chi connectivity index (χ0v) is 10.4. The van der Waals surface area contributed by atoms with Gasteiger partial charge in [-0.1, -0.05) is 30.3 Å². The predicted molar refractivity (Wildman–Crippen MR) is 69.1 cm³/mol. The molecule has 2 rings (SSSR count). The molecule has 102 valence electrons. The van der Waals surface area contributed by atoms with Crippen molar-refractivity contribution in [1.29, 1.82) is 0 Å². The average molecular weight is 263 g/mol. The molecule has 1 aliphatic carbocycles. The van der Waals surface area contributed by atoms with E-state index in [1.807, 2.05) is 6.07 Å². The molecule has 0 spiro atoms. The summed E-state index contributed by atoms with van der Waals surface area (Å²) in [7, 11) is 0. The van der Waals surface area contributed by atoms with Crippen LogP contribution in [0.5, 0.6) is 0 Å². The zero-order chi connectivity index (χ0) is 13.9. The van der Waals surface area contributed by atoms with Crippen LogP contribution in [0, 0.1) is 0 Å². The quantitative estimate of drug-likeness (QED) is 0.602. The number of hydrogen-bond donors (Lipinski definition) is 4. The molecule has 1 aromatic carbocycles. The summed E-state index contributed by atoms with van der Waals surface area (Å²) in [5.41, 5.74) is 5.22. The molecule has 0 bridgehead atoms. The van der Waals surface area contributed by atoms with Crippen molar-refractivity contribution in [3.8, 4) is 0 Å². The van der Waals surface area contributed by atoms with Gasteiger partial charge in [0.25, 0.3) is 0 Å². The van der Waals surface area contributed by atoms with Crippen LogP contribution in [0.3, 0.4) is 0 Å². The van der Waals surface area contributed by atoms with Crippen LogP contribution < -0.4 is 16.4 Å². The lowest BCUT2D eigenvalue weighted by molar-refractivity contribution is -0.124. The molecule has 0 aromatic heterocycles. The SMILES string of the molecule is NC(=O)NC(C(=O)NC1(CO)CC1)c1ccccc1. The zero-order valence-electron chi connectivity index (χ0n) is 10.4. The summed E-state index contributed by atoms with van der Waals surface area (Å²) >= 11 is 0. The van der Waals surface area contributed by atoms with Crippen LogP contribution in [0.4, 0.5) is 4.79 Å². The number of carbonyl (C=O) groups is 2. The maximum atomic E-state index is 12.2. The number of urea groups is 1. The van der Waals surface area contributed by atoms with E-state index in [2.05, 4.69) is 10.6 Å². The number of nitrogens with two attached hydrogens (primary N) is 1. The Morgan fingerprint density at radius 3 is 2.42 bits per heavy atom. The van der Waals surface area contributed by atoms with E-state index in [0.29, 0.717) is 5.56 Å². The van der Waals surface area contributed by atoms with E-state index in [-0.39, 0.29) is 12.5 Å². The molecule has 6 heteroatoms. The van der Waals surface area contributed by atoms with Gasteiger partial charge in [0.05, 0.1) is 12.1 Å². The van der Waals surface area contributed by atoms with Crippen molar-refractivity contribution in [3.05, 3.63) is 35.9 Å². The average Bonchev–Trinajstić information content (AvgIpc) is 3.17. The summed E-state index contributed by atoms with van der Waals surface area (Å²) in [5, 5.41) is 14.4. The lowest BCUT2D eigenvalue weighted by atomic mass is 10.1. The monoisotopic (exact) mass is 263 g/mol. The first-order valence-corrected chi connectivity index (χ1v) is 6.10. The number of amides is 3. The lowest BCUT2D eigenvalue weighted by Crippen LogP contribution is -2.48. The van der Waals surface area contributed by atoms with Gasteiger partial charge in [0, 0.05) is 0 Å². The van der Waals surface area contributed by atoms with Crippen LogP contribution in [0.1, 0.15) is 24.4 Å². The second kappa shape index (κ2) is 5.27. The predicted octanol–water partition coefficient (Wildman–Crippen LogP) is 0.0371. The Bertz CT molecular complexity index is 471. The maximum Gasteiger partial charge on any atom is 0.313 e. The lowest BCUT2D eigenvalue weighted by Gasteiger charge is -2.21. The smallest absolute Gasteiger partial charge is 0.313 e. The summed E-state index contributed by atoms with van der Waals surface area (Å²) in [5.74, 6) is -0.364. The molecule has 5 N–H and O–H groups in total. The van der Waals surface area contributed by atoms with E-state index in [9.17, 15) is 14.7 Å². The van der Waals surface area contributed by atoms with Gasteiger partial charge in [-0.3, -0.25) is 4.79 Å². The number of benzene rings is 1. The molecule has 1 saturated carbocycles. The topological polar surface area (TPSA) is 104 Å². The largest absolute Gasteiger partial charge is 0.394 e. The second-order valence-corrected chi connectivity index (χ2v) is 4.78. The third-order valence-corrected chi connectivity index (χ3v) is 3.23. The fourth-order valence-corrected chi connectivity index (χ4v) is 1.90. The number of carbonyl (C=O) groups excluding carboxylic acids is 2. The molecule has 1 fully saturated rings. The van der Waals surface area contributed by atoms with Gasteiger partial charge in [-0.25, -0.2) is 4.79 Å². The van der Waals surface area contributed by atoms with Crippen molar-refractivity contribution < 1.29 is 14.7 Å². The molecule has 1 atom stereocenters. The van der Waals surface area contributed by atoms with Crippen LogP contribution in [0.2, 0.25) is 0 Å². The Morgan fingerprint density at radius 1 is 1.32 bits per heavy atom. The summed E-state index contributed by atoms with van der Waals surface area (Å²) < 4.78 is 0. The number of primary amides is 1. The van der Waals surface area contributed by atoms with Crippen molar-refractivity contribution in [2.75, 3.05) is 6.61 Å². The molecule has 1 unspecified atom stereocenters. The van der Waals surface area contributed by atoms with Gasteiger partial charge >= 0.3 is 6.03 Å². The number of nitrogens with one attached hydrogen (secondary N) is 2. The minimum atomic E-state index is -0.845. The Balaban J connectivity index is 2.13. The van der Waals surface area contributed by atoms with Gasteiger partial charge in [0.2, 0.25) is 5.91 Å². The summed E-state index contributed by atoms with van der Waals surface area (Å²) in [6, 6.07) is 7.23. The maximum absolute atomic E-state index is 12.2. The molecule has 0 radical (unpaired) electrons. The highest BCUT2D eigenvalue weighted by Gasteiger charge is 2.44. The second-order valence-electron chi connectivity index (χ2n) is 4.78. The van der Waals surface area contributed by atoms with Crippen molar-refractivity contribution in [1.82, 2.24) is 10.6 Å². The van der Waals surface area contributed by atoms with E-state index in [1.165, 1.54) is 0 Å². The fraction of sp³-hybridized carbons (Fsp3) is 0.385. The van der Waals surface area contributed by atoms with Crippen LogP contribution in [0.15, 0.2) is 30.3 Å². The van der Waals surface area contributed by atoms with E-state index in [1.54, 1.807) is 24.3 Å². The molecule has 1 aromatic rings. The molecule has 0 saturated heterocycles. The first-order valence-electron chi connectivity index (χ1n) is 6.10. The Kier molecular flexibility index (Phi) is 3.71. The summed E-state index contributed by atoms with van der Waals surface area (Å²) in [4.78, 5) is 23.2. The van der Waals surface area contributed by atoms with E-state index in [0.717, 1.165) is 12.8 Å². The number of rotatable bonds is 5. The van der Waals surface area contributed by atoms with Gasteiger partial charge in [-0.05, 0) is 18.4 Å². The number of aliphatic hydroxyl groups excluding tert-OH is 1. The third kappa shape index (κ3) is 3.23. The van der Waals surface area contributed by atoms with Gasteiger partial charge < -0.3 is 21.5 Å². The highest BCUT2D eigenvalue weighted by Crippen LogP contribution is 2.35. The van der Waals surface area contributed by atoms with Crippen LogP contribution in [-0.2, 0) is 4.79 Å². The molecule has 0 aliphatic heterocycles. The van der Waals surface area contributed by atoms with Crippen molar-refractivity contribution in [3.63, 3.8) is 0 Å². The first kappa shape index (κ1) is 13.4. The molecule has 6 nitrogen and oxygen atoms in total. The number of aliphatic hydroxyl groups is 1. The van der Waals surface area contributed by atoms with Gasteiger partial charge in [0.15, 0.2) is 0 Å². The normalized spacial score (nSPS) is 17.3. The van der Waals surface area contributed by atoms with E-state index in [4.69, 9.17) is 5.73 Å². The molecule has 1 aliphatic rings. The summed E-state index contributed by atoms with van der Waals surface area (Å²) in [6.07, 6.45) is 1.49. The minimum absolute atomic E-state index is 0.100. The van der Waals surface area contributed by atoms with Crippen LogP contribution in [-0.4, -0.2) is 29.2 Å². The molecule has 0 heterocycles. The van der Waals surface area contributed by atoms with Crippen molar-refractivity contribution in [2.24, 2.45) is 5.73 Å². The fourth-order valence-electron chi connectivity index (χ4n) is 1.90. The highest BCUT2D eigenvalue weighted by atomic mass is 16.3. The molecule has 3 amide bonds. The Hall–Kier alpha value is -2.08. The van der Waals surface area contributed by atoms with Crippen LogP contribution in [0.25, 0.3) is 0 Å². The van der Waals surface area contributed by atoms with E-state index >= 15 is 0 Å². The van der Waals surface area contributed by atoms with Crippen molar-refractivity contribution >= 4 is 11.9 Å². The molecule has 19 heavy (non-hydrogen) atoms. The molecular formula is C13H17N3O3.